The Balaban J connectivity index is 1.99. The third-order valence-electron chi connectivity index (χ3n) is 3.95. The second kappa shape index (κ2) is 9.46. The monoisotopic (exact) mass is 351 g/mol. The molecular formula is C16H25N5O2S. The third-order valence-corrected chi connectivity index (χ3v) is 4.92. The van der Waals surface area contributed by atoms with Crippen molar-refractivity contribution in [2.24, 2.45) is 0 Å². The summed E-state index contributed by atoms with van der Waals surface area (Å²) in [7, 11) is 0. The Kier molecular flexibility index (Phi) is 7.30. The van der Waals surface area contributed by atoms with Crippen LogP contribution in [-0.2, 0) is 11.3 Å². The molecule has 1 aliphatic rings. The number of nitrogens with one attached hydrogen (secondary N) is 2. The van der Waals surface area contributed by atoms with E-state index in [4.69, 9.17) is 0 Å². The average molecular weight is 351 g/mol. The molecule has 1 aromatic heterocycles. The van der Waals surface area contributed by atoms with Crippen LogP contribution in [0.4, 0.5) is 4.79 Å². The maximum atomic E-state index is 11.8. The highest BCUT2D eigenvalue weighted by atomic mass is 32.2. The van der Waals surface area contributed by atoms with Crippen molar-refractivity contribution in [1.82, 2.24) is 25.4 Å². The Morgan fingerprint density at radius 3 is 2.75 bits per heavy atom. The molecule has 132 valence electrons. The summed E-state index contributed by atoms with van der Waals surface area (Å²) in [5, 5.41) is 14.1. The Morgan fingerprint density at radius 1 is 1.33 bits per heavy atom. The van der Waals surface area contributed by atoms with E-state index in [1.165, 1.54) is 31.0 Å². The van der Waals surface area contributed by atoms with Gasteiger partial charge in [-0.25, -0.2) is 4.79 Å². The van der Waals surface area contributed by atoms with Gasteiger partial charge in [-0.2, -0.15) is 0 Å². The molecule has 2 rings (SSSR count). The van der Waals surface area contributed by atoms with E-state index < -0.39 is 6.03 Å². The van der Waals surface area contributed by atoms with Crippen LogP contribution in [0, 0.1) is 0 Å². The Bertz CT molecular complexity index is 581. The maximum absolute atomic E-state index is 11.8. The van der Waals surface area contributed by atoms with Crippen molar-refractivity contribution >= 4 is 23.7 Å². The van der Waals surface area contributed by atoms with Crippen LogP contribution in [0.25, 0.3) is 0 Å². The first-order chi connectivity index (χ1) is 11.7. The fourth-order valence-electron chi connectivity index (χ4n) is 2.87. The summed E-state index contributed by atoms with van der Waals surface area (Å²) in [6.07, 6.45) is 7.82. The zero-order chi connectivity index (χ0) is 17.4. The molecule has 0 aromatic carbocycles. The zero-order valence-corrected chi connectivity index (χ0v) is 14.9. The zero-order valence-electron chi connectivity index (χ0n) is 14.1. The number of allylic oxidation sites excluding steroid dienone is 1. The molecule has 7 nitrogen and oxygen atoms in total. The number of nitrogens with zero attached hydrogens (tertiary/aromatic N) is 3. The maximum Gasteiger partial charge on any atom is 0.321 e. The first-order valence-electron chi connectivity index (χ1n) is 8.40. The molecule has 0 radical (unpaired) electrons. The van der Waals surface area contributed by atoms with Gasteiger partial charge in [0, 0.05) is 19.0 Å². The number of urea groups is 1. The molecule has 0 unspecified atom stereocenters. The lowest BCUT2D eigenvalue weighted by Gasteiger charge is -2.21. The number of carbonyl (C=O) groups is 2. The van der Waals surface area contributed by atoms with Crippen molar-refractivity contribution in [2.75, 3.05) is 12.3 Å². The Hall–Kier alpha value is -1.83. The number of rotatable bonds is 7. The average Bonchev–Trinajstić information content (AvgIpc) is 2.97. The molecule has 1 heterocycles. The van der Waals surface area contributed by atoms with E-state index in [9.17, 15) is 9.59 Å². The van der Waals surface area contributed by atoms with Crippen LogP contribution in [0.1, 0.15) is 50.8 Å². The van der Waals surface area contributed by atoms with E-state index in [0.717, 1.165) is 18.7 Å². The fraction of sp³-hybridized carbons (Fsp3) is 0.625. The predicted molar refractivity (Wildman–Crippen MR) is 94.0 cm³/mol. The molecule has 0 bridgehead atoms. The summed E-state index contributed by atoms with van der Waals surface area (Å²) in [6, 6.07) is -0.474. The van der Waals surface area contributed by atoms with Gasteiger partial charge in [-0.05, 0) is 19.8 Å². The van der Waals surface area contributed by atoms with Gasteiger partial charge in [0.05, 0.1) is 5.75 Å². The normalized spacial score (nSPS) is 15.0. The van der Waals surface area contributed by atoms with Crippen LogP contribution in [0.3, 0.4) is 0 Å². The molecule has 0 aliphatic heterocycles. The van der Waals surface area contributed by atoms with Gasteiger partial charge in [0.2, 0.25) is 5.91 Å². The summed E-state index contributed by atoms with van der Waals surface area (Å²) in [4.78, 5) is 23.2. The highest BCUT2D eigenvalue weighted by Gasteiger charge is 2.23. The second-order valence-corrected chi connectivity index (χ2v) is 6.71. The molecule has 1 aliphatic carbocycles. The molecule has 2 N–H and O–H groups in total. The molecule has 8 heteroatoms. The van der Waals surface area contributed by atoms with Crippen molar-refractivity contribution < 1.29 is 9.59 Å². The lowest BCUT2D eigenvalue weighted by molar-refractivity contribution is -0.117. The number of carbonyl (C=O) groups excluding carboxylic acids is 2. The molecule has 3 amide bonds. The fourth-order valence-corrected chi connectivity index (χ4v) is 3.62. The minimum atomic E-state index is -0.474. The molecule has 0 spiro atoms. The lowest BCUT2D eigenvalue weighted by atomic mass is 9.89. The van der Waals surface area contributed by atoms with Crippen LogP contribution < -0.4 is 10.6 Å². The lowest BCUT2D eigenvalue weighted by Crippen LogP contribution is -2.40. The Morgan fingerprint density at radius 2 is 2.08 bits per heavy atom. The topological polar surface area (TPSA) is 88.9 Å². The molecule has 1 fully saturated rings. The highest BCUT2D eigenvalue weighted by Crippen LogP contribution is 2.33. The van der Waals surface area contributed by atoms with Crippen molar-refractivity contribution in [3.8, 4) is 0 Å². The van der Waals surface area contributed by atoms with Gasteiger partial charge >= 0.3 is 6.03 Å². The first-order valence-corrected chi connectivity index (χ1v) is 9.38. The quantitative estimate of drug-likeness (QED) is 0.582. The first kappa shape index (κ1) is 18.5. The molecule has 1 aromatic rings. The van der Waals surface area contributed by atoms with E-state index >= 15 is 0 Å². The van der Waals surface area contributed by atoms with Crippen molar-refractivity contribution in [2.45, 2.75) is 56.6 Å². The number of aromatic nitrogens is 3. The van der Waals surface area contributed by atoms with Gasteiger partial charge in [-0.3, -0.25) is 10.1 Å². The van der Waals surface area contributed by atoms with Gasteiger partial charge in [0.25, 0.3) is 0 Å². The van der Waals surface area contributed by atoms with Crippen molar-refractivity contribution in [3.05, 3.63) is 18.5 Å². The van der Waals surface area contributed by atoms with E-state index in [-0.39, 0.29) is 11.7 Å². The number of hydrogen-bond donors (Lipinski definition) is 2. The summed E-state index contributed by atoms with van der Waals surface area (Å²) in [5.41, 5.74) is 0. The van der Waals surface area contributed by atoms with Gasteiger partial charge in [0.1, 0.15) is 5.82 Å². The third kappa shape index (κ3) is 5.09. The van der Waals surface area contributed by atoms with E-state index in [0.29, 0.717) is 24.2 Å². The van der Waals surface area contributed by atoms with E-state index in [2.05, 4.69) is 27.4 Å². The molecule has 0 atom stereocenters. The minimum absolute atomic E-state index is 0.122. The SMILES string of the molecule is C=CCn1c(SCC(=O)NC(=O)NCC)nnc1C1CCCCC1. The van der Waals surface area contributed by atoms with Crippen LogP contribution in [0.5, 0.6) is 0 Å². The van der Waals surface area contributed by atoms with Crippen LogP contribution >= 0.6 is 11.8 Å². The highest BCUT2D eigenvalue weighted by molar-refractivity contribution is 7.99. The van der Waals surface area contributed by atoms with Crippen molar-refractivity contribution in [3.63, 3.8) is 0 Å². The van der Waals surface area contributed by atoms with Gasteiger partial charge < -0.3 is 9.88 Å². The summed E-state index contributed by atoms with van der Waals surface area (Å²) < 4.78 is 2.03. The molecule has 24 heavy (non-hydrogen) atoms. The van der Waals surface area contributed by atoms with E-state index in [1.807, 2.05) is 10.6 Å². The van der Waals surface area contributed by atoms with Gasteiger partial charge in [-0.15, -0.1) is 16.8 Å². The van der Waals surface area contributed by atoms with Crippen LogP contribution in [0.15, 0.2) is 17.8 Å². The Labute approximate surface area is 146 Å². The minimum Gasteiger partial charge on any atom is -0.338 e. The summed E-state index contributed by atoms with van der Waals surface area (Å²) >= 11 is 1.29. The van der Waals surface area contributed by atoms with Crippen LogP contribution in [-0.4, -0.2) is 39.0 Å². The number of amides is 3. The van der Waals surface area contributed by atoms with Gasteiger partial charge in [0.15, 0.2) is 5.16 Å². The summed E-state index contributed by atoms with van der Waals surface area (Å²) in [6.45, 7) is 6.70. The van der Waals surface area contributed by atoms with Crippen molar-refractivity contribution in [1.29, 1.82) is 0 Å². The van der Waals surface area contributed by atoms with Gasteiger partial charge in [-0.1, -0.05) is 37.1 Å². The number of imide groups is 1. The van der Waals surface area contributed by atoms with E-state index in [1.54, 1.807) is 6.92 Å². The second-order valence-electron chi connectivity index (χ2n) is 5.77. The predicted octanol–water partition coefficient (Wildman–Crippen LogP) is 2.45. The standard InChI is InChI=1S/C16H25N5O2S/c1-3-10-21-14(12-8-6-5-7-9-12)19-20-16(21)24-11-13(22)18-15(23)17-4-2/h3,12H,1,4-11H2,2H3,(H2,17,18,22,23). The molecular weight excluding hydrogens is 326 g/mol. The molecule has 0 saturated heterocycles. The largest absolute Gasteiger partial charge is 0.338 e. The number of thioether (sulfide) groups is 1. The number of hydrogen-bond acceptors (Lipinski definition) is 5. The summed E-state index contributed by atoms with van der Waals surface area (Å²) in [5.74, 6) is 1.20. The smallest absolute Gasteiger partial charge is 0.321 e. The molecule has 1 saturated carbocycles. The van der Waals surface area contributed by atoms with Crippen LogP contribution in [0.2, 0.25) is 0 Å².